The average Bonchev–Trinajstić information content (AvgIpc) is 2.78. The summed E-state index contributed by atoms with van der Waals surface area (Å²) in [6.07, 6.45) is 3.37. The van der Waals surface area contributed by atoms with Gasteiger partial charge in [-0.05, 0) is 53.9 Å². The molecule has 2 atom stereocenters. The maximum atomic E-state index is 13.7. The van der Waals surface area contributed by atoms with Crippen molar-refractivity contribution >= 4 is 40.0 Å². The summed E-state index contributed by atoms with van der Waals surface area (Å²) in [6, 6.07) is 12.4. The largest absolute Gasteiger partial charge is 0.348 e. The summed E-state index contributed by atoms with van der Waals surface area (Å²) in [5.74, 6) is -1.32. The van der Waals surface area contributed by atoms with Crippen molar-refractivity contribution < 1.29 is 18.2 Å². The molecule has 1 aliphatic rings. The summed E-state index contributed by atoms with van der Waals surface area (Å²) in [7, 11) is -1.69. The zero-order valence-electron chi connectivity index (χ0n) is 16.1. The highest BCUT2D eigenvalue weighted by molar-refractivity contribution is 7.88. The Bertz CT molecular complexity index is 1190. The van der Waals surface area contributed by atoms with E-state index in [1.165, 1.54) is 18.2 Å². The molecule has 0 fully saturated rings. The van der Waals surface area contributed by atoms with Crippen LogP contribution in [-0.2, 0) is 24.0 Å². The minimum Gasteiger partial charge on any atom is -0.348 e. The van der Waals surface area contributed by atoms with E-state index in [4.69, 9.17) is 11.6 Å². The molecule has 4 rings (SSSR count). The molecule has 2 unspecified atom stereocenters. The van der Waals surface area contributed by atoms with Crippen molar-refractivity contribution in [2.45, 2.75) is 18.2 Å². The zero-order valence-corrected chi connectivity index (χ0v) is 17.7. The second-order valence-electron chi connectivity index (χ2n) is 7.01. The molecule has 31 heavy (non-hydrogen) atoms. The van der Waals surface area contributed by atoms with Crippen LogP contribution in [0.4, 0.5) is 10.1 Å². The summed E-state index contributed by atoms with van der Waals surface area (Å²) in [6.45, 7) is 0.296. The standard InChI is InChI=1S/C22H17ClFN3O3S/c23-17-5-3-13(8-18(17)24)9-20-21(28)16-10-15(4-6-19(16)27-31(20)30)22(29)26-12-14-2-1-7-25-11-14/h1-8,10-11,20,27H,9,12H2,(H,26,29). The van der Waals surface area contributed by atoms with E-state index in [1.54, 1.807) is 36.7 Å². The molecule has 2 aromatic carbocycles. The number of benzene rings is 2. The van der Waals surface area contributed by atoms with Crippen LogP contribution < -0.4 is 10.0 Å². The van der Waals surface area contributed by atoms with Gasteiger partial charge in [0.05, 0.1) is 10.7 Å². The third-order valence-electron chi connectivity index (χ3n) is 4.89. The number of amides is 1. The topological polar surface area (TPSA) is 88.2 Å². The van der Waals surface area contributed by atoms with E-state index >= 15 is 0 Å². The van der Waals surface area contributed by atoms with E-state index in [0.717, 1.165) is 5.56 Å². The number of carbonyl (C=O) groups is 2. The normalized spacial score (nSPS) is 17.5. The van der Waals surface area contributed by atoms with Crippen LogP contribution in [0.3, 0.4) is 0 Å². The number of ketones is 1. The van der Waals surface area contributed by atoms with Gasteiger partial charge in [-0.2, -0.15) is 0 Å². The number of rotatable bonds is 5. The SMILES string of the molecule is O=C(NCc1cccnc1)c1ccc2c(c1)C(=O)C(Cc1ccc(Cl)c(F)c1)S(=O)N2. The summed E-state index contributed by atoms with van der Waals surface area (Å²) in [4.78, 5) is 29.6. The van der Waals surface area contributed by atoms with E-state index in [0.29, 0.717) is 23.4 Å². The summed E-state index contributed by atoms with van der Waals surface area (Å²) >= 11 is 5.70. The molecule has 0 spiro atoms. The summed E-state index contributed by atoms with van der Waals surface area (Å²) in [5.41, 5.74) is 2.32. The molecule has 1 aliphatic heterocycles. The predicted molar refractivity (Wildman–Crippen MR) is 117 cm³/mol. The fourth-order valence-corrected chi connectivity index (χ4v) is 4.58. The Labute approximate surface area is 185 Å². The fourth-order valence-electron chi connectivity index (χ4n) is 3.26. The van der Waals surface area contributed by atoms with Gasteiger partial charge in [0.2, 0.25) is 0 Å². The maximum Gasteiger partial charge on any atom is 0.251 e. The van der Waals surface area contributed by atoms with E-state index in [2.05, 4.69) is 15.0 Å². The second kappa shape index (κ2) is 8.95. The number of hydrogen-bond donors (Lipinski definition) is 2. The van der Waals surface area contributed by atoms with Crippen LogP contribution in [0.15, 0.2) is 60.9 Å². The summed E-state index contributed by atoms with van der Waals surface area (Å²) < 4.78 is 29.1. The molecule has 0 saturated heterocycles. The second-order valence-corrected chi connectivity index (χ2v) is 8.78. The van der Waals surface area contributed by atoms with Gasteiger partial charge < -0.3 is 10.0 Å². The minimum absolute atomic E-state index is 0.0229. The molecule has 2 N–H and O–H groups in total. The number of nitrogens with zero attached hydrogens (tertiary/aromatic N) is 1. The Morgan fingerprint density at radius 2 is 2.03 bits per heavy atom. The van der Waals surface area contributed by atoms with Gasteiger partial charge in [-0.15, -0.1) is 0 Å². The van der Waals surface area contributed by atoms with E-state index in [1.807, 2.05) is 6.07 Å². The van der Waals surface area contributed by atoms with E-state index in [9.17, 15) is 18.2 Å². The molecule has 0 bridgehead atoms. The molecule has 158 valence electrons. The van der Waals surface area contributed by atoms with Crippen LogP contribution in [0.5, 0.6) is 0 Å². The first kappa shape index (κ1) is 21.1. The van der Waals surface area contributed by atoms with Crippen LogP contribution in [0.25, 0.3) is 0 Å². The smallest absolute Gasteiger partial charge is 0.251 e. The first-order valence-electron chi connectivity index (χ1n) is 9.39. The van der Waals surface area contributed by atoms with Crippen molar-refractivity contribution in [3.63, 3.8) is 0 Å². The van der Waals surface area contributed by atoms with Crippen LogP contribution in [0.2, 0.25) is 5.02 Å². The Kier molecular flexibility index (Phi) is 6.11. The molecular weight excluding hydrogens is 441 g/mol. The monoisotopic (exact) mass is 457 g/mol. The zero-order chi connectivity index (χ0) is 22.0. The van der Waals surface area contributed by atoms with Gasteiger partial charge in [-0.1, -0.05) is 23.7 Å². The van der Waals surface area contributed by atoms with Crippen LogP contribution >= 0.6 is 11.6 Å². The van der Waals surface area contributed by atoms with E-state index in [-0.39, 0.29) is 28.7 Å². The molecule has 1 amide bonds. The number of halogens is 2. The Balaban J connectivity index is 1.53. The van der Waals surface area contributed by atoms with E-state index < -0.39 is 22.1 Å². The maximum absolute atomic E-state index is 13.7. The molecule has 1 aromatic heterocycles. The molecule has 3 aromatic rings. The lowest BCUT2D eigenvalue weighted by molar-refractivity contribution is 0.0951. The van der Waals surface area contributed by atoms with Gasteiger partial charge in [-0.3, -0.25) is 14.6 Å². The molecule has 6 nitrogen and oxygen atoms in total. The van der Waals surface area contributed by atoms with Crippen molar-refractivity contribution in [3.8, 4) is 0 Å². The van der Waals surface area contributed by atoms with Crippen LogP contribution in [0.1, 0.15) is 31.8 Å². The van der Waals surface area contributed by atoms with Gasteiger partial charge in [0.1, 0.15) is 22.1 Å². The predicted octanol–water partition coefficient (Wildman–Crippen LogP) is 3.69. The number of aromatic nitrogens is 1. The highest BCUT2D eigenvalue weighted by Crippen LogP contribution is 2.28. The molecule has 0 saturated carbocycles. The number of nitrogens with one attached hydrogen (secondary N) is 2. The van der Waals surface area contributed by atoms with Gasteiger partial charge >= 0.3 is 0 Å². The Morgan fingerprint density at radius 3 is 2.77 bits per heavy atom. The van der Waals surface area contributed by atoms with Crippen molar-refractivity contribution in [1.29, 1.82) is 0 Å². The van der Waals surface area contributed by atoms with Gasteiger partial charge in [0.15, 0.2) is 5.78 Å². The first-order chi connectivity index (χ1) is 14.9. The van der Waals surface area contributed by atoms with Gasteiger partial charge in [0.25, 0.3) is 5.91 Å². The van der Waals surface area contributed by atoms with Gasteiger partial charge in [-0.25, -0.2) is 8.60 Å². The molecule has 2 heterocycles. The highest BCUT2D eigenvalue weighted by Gasteiger charge is 2.34. The molecular formula is C22H17ClFN3O3S. The lowest BCUT2D eigenvalue weighted by Gasteiger charge is -2.24. The molecule has 0 radical (unpaired) electrons. The van der Waals surface area contributed by atoms with Crippen molar-refractivity contribution in [3.05, 3.63) is 94.0 Å². The third-order valence-corrected chi connectivity index (χ3v) is 6.51. The van der Waals surface area contributed by atoms with Crippen molar-refractivity contribution in [2.75, 3.05) is 4.72 Å². The van der Waals surface area contributed by atoms with Crippen LogP contribution in [-0.4, -0.2) is 26.1 Å². The Morgan fingerprint density at radius 1 is 1.19 bits per heavy atom. The number of pyridine rings is 1. The number of fused-ring (bicyclic) bond motifs is 1. The number of hydrogen-bond acceptors (Lipinski definition) is 4. The minimum atomic E-state index is -1.69. The van der Waals surface area contributed by atoms with Crippen molar-refractivity contribution in [1.82, 2.24) is 10.3 Å². The first-order valence-corrected chi connectivity index (χ1v) is 11.0. The van der Waals surface area contributed by atoms with Crippen LogP contribution in [0, 0.1) is 5.82 Å². The fraction of sp³-hybridized carbons (Fsp3) is 0.136. The average molecular weight is 458 g/mol. The number of anilines is 1. The number of carbonyl (C=O) groups excluding carboxylic acids is 2. The number of Topliss-reactive ketones (excluding diaryl/α,β-unsaturated/α-hetero) is 1. The summed E-state index contributed by atoms with van der Waals surface area (Å²) in [5, 5.41) is 1.85. The highest BCUT2D eigenvalue weighted by atomic mass is 35.5. The quantitative estimate of drug-likeness (QED) is 0.611. The lowest BCUT2D eigenvalue weighted by Crippen LogP contribution is -2.37. The molecule has 9 heteroatoms. The Hall–Kier alpha value is -3.10. The molecule has 0 aliphatic carbocycles. The van der Waals surface area contributed by atoms with Crippen molar-refractivity contribution in [2.24, 2.45) is 0 Å². The van der Waals surface area contributed by atoms with Gasteiger partial charge in [0, 0.05) is 30.1 Å². The lowest BCUT2D eigenvalue weighted by atomic mass is 9.98. The third kappa shape index (κ3) is 4.65.